The summed E-state index contributed by atoms with van der Waals surface area (Å²) < 4.78 is 21.7. The van der Waals surface area contributed by atoms with Crippen LogP contribution in [0.1, 0.15) is 46.0 Å². The van der Waals surface area contributed by atoms with Crippen LogP contribution in [-0.4, -0.2) is 13.2 Å². The second kappa shape index (κ2) is 3.77. The molecule has 13 heavy (non-hydrogen) atoms. The van der Waals surface area contributed by atoms with Gasteiger partial charge in [0.2, 0.25) is 9.05 Å². The average Bonchev–Trinajstić information content (AvgIpc) is 2.35. The molecule has 78 valence electrons. The lowest BCUT2D eigenvalue weighted by Gasteiger charge is -2.24. The van der Waals surface area contributed by atoms with Gasteiger partial charge >= 0.3 is 0 Å². The van der Waals surface area contributed by atoms with E-state index in [4.69, 9.17) is 10.7 Å². The maximum absolute atomic E-state index is 11.2. The third-order valence-electron chi connectivity index (χ3n) is 2.92. The van der Waals surface area contributed by atoms with Crippen LogP contribution >= 0.6 is 10.7 Å². The van der Waals surface area contributed by atoms with Crippen LogP contribution in [0.5, 0.6) is 0 Å². The molecule has 1 rings (SSSR count). The van der Waals surface area contributed by atoms with Gasteiger partial charge in [0, 0.05) is 10.7 Å². The lowest BCUT2D eigenvalue weighted by Crippen LogP contribution is -2.30. The molecule has 0 aromatic heterocycles. The fraction of sp³-hybridized carbons (Fsp3) is 1.00. The molecule has 0 spiro atoms. The summed E-state index contributed by atoms with van der Waals surface area (Å²) >= 11 is 0. The first kappa shape index (κ1) is 11.3. The van der Waals surface area contributed by atoms with Gasteiger partial charge in [-0.1, -0.05) is 25.7 Å². The Hall–Kier alpha value is 0.240. The van der Waals surface area contributed by atoms with E-state index < -0.39 is 13.8 Å². The predicted octanol–water partition coefficient (Wildman–Crippen LogP) is 2.91. The standard InChI is InChI=1S/C9H17ClO2S/c1-9(2,13(10,11)12)7-8-5-3-4-6-8/h8H,3-7H2,1-2H3. The maximum atomic E-state index is 11.2. The first-order valence-electron chi connectivity index (χ1n) is 4.77. The molecule has 0 aliphatic heterocycles. The van der Waals surface area contributed by atoms with Crippen molar-refractivity contribution in [3.63, 3.8) is 0 Å². The van der Waals surface area contributed by atoms with Gasteiger partial charge in [0.1, 0.15) is 0 Å². The van der Waals surface area contributed by atoms with Crippen LogP contribution < -0.4 is 0 Å². The molecule has 0 atom stereocenters. The van der Waals surface area contributed by atoms with Crippen molar-refractivity contribution < 1.29 is 8.42 Å². The minimum absolute atomic E-state index is 0.559. The van der Waals surface area contributed by atoms with Crippen LogP contribution in [0.15, 0.2) is 0 Å². The molecule has 1 fully saturated rings. The SMILES string of the molecule is CC(C)(CC1CCCC1)S(=O)(=O)Cl. The van der Waals surface area contributed by atoms with E-state index >= 15 is 0 Å². The molecule has 2 nitrogen and oxygen atoms in total. The lowest BCUT2D eigenvalue weighted by atomic mass is 9.95. The molecule has 0 radical (unpaired) electrons. The van der Waals surface area contributed by atoms with Gasteiger partial charge in [-0.05, 0) is 26.2 Å². The van der Waals surface area contributed by atoms with Crippen molar-refractivity contribution in [2.75, 3.05) is 0 Å². The number of rotatable bonds is 3. The molecular formula is C9H17ClO2S. The van der Waals surface area contributed by atoms with E-state index in [-0.39, 0.29) is 0 Å². The van der Waals surface area contributed by atoms with E-state index in [1.54, 1.807) is 13.8 Å². The van der Waals surface area contributed by atoms with Crippen molar-refractivity contribution in [3.05, 3.63) is 0 Å². The van der Waals surface area contributed by atoms with Crippen LogP contribution in [-0.2, 0) is 9.05 Å². The van der Waals surface area contributed by atoms with E-state index in [0.717, 1.165) is 12.8 Å². The Balaban J connectivity index is 2.61. The largest absolute Gasteiger partial charge is 0.237 e. The maximum Gasteiger partial charge on any atom is 0.237 e. The van der Waals surface area contributed by atoms with E-state index in [9.17, 15) is 8.42 Å². The summed E-state index contributed by atoms with van der Waals surface area (Å²) in [5, 5.41) is 0. The van der Waals surface area contributed by atoms with Crippen molar-refractivity contribution in [3.8, 4) is 0 Å². The Labute approximate surface area is 85.1 Å². The molecule has 0 aromatic rings. The Morgan fingerprint density at radius 3 is 2.15 bits per heavy atom. The Kier molecular flexibility index (Phi) is 3.29. The van der Waals surface area contributed by atoms with E-state index in [1.807, 2.05) is 0 Å². The first-order valence-corrected chi connectivity index (χ1v) is 7.08. The van der Waals surface area contributed by atoms with Crippen molar-refractivity contribution in [2.45, 2.75) is 50.7 Å². The normalized spacial score (nSPS) is 20.8. The molecule has 0 heterocycles. The Morgan fingerprint density at radius 2 is 1.77 bits per heavy atom. The molecule has 1 aliphatic rings. The summed E-state index contributed by atoms with van der Waals surface area (Å²) in [4.78, 5) is 0. The quantitative estimate of drug-likeness (QED) is 0.691. The van der Waals surface area contributed by atoms with Crippen LogP contribution in [0.3, 0.4) is 0 Å². The van der Waals surface area contributed by atoms with Gasteiger partial charge in [-0.2, -0.15) is 0 Å². The molecular weight excluding hydrogens is 208 g/mol. The van der Waals surface area contributed by atoms with Gasteiger partial charge in [-0.15, -0.1) is 0 Å². The zero-order chi connectivity index (χ0) is 10.1. The number of hydrogen-bond donors (Lipinski definition) is 0. The molecule has 0 N–H and O–H groups in total. The van der Waals surface area contributed by atoms with Crippen molar-refractivity contribution in [2.24, 2.45) is 5.92 Å². The lowest BCUT2D eigenvalue weighted by molar-refractivity contribution is 0.427. The highest BCUT2D eigenvalue weighted by molar-refractivity contribution is 8.14. The van der Waals surface area contributed by atoms with Crippen LogP contribution in [0.25, 0.3) is 0 Å². The van der Waals surface area contributed by atoms with Gasteiger partial charge in [-0.3, -0.25) is 0 Å². The van der Waals surface area contributed by atoms with Crippen LogP contribution in [0.4, 0.5) is 0 Å². The minimum Gasteiger partial charge on any atom is -0.212 e. The zero-order valence-corrected chi connectivity index (χ0v) is 9.79. The highest BCUT2D eigenvalue weighted by atomic mass is 35.7. The molecule has 0 unspecified atom stereocenters. The smallest absolute Gasteiger partial charge is 0.212 e. The van der Waals surface area contributed by atoms with Gasteiger partial charge in [0.25, 0.3) is 0 Å². The van der Waals surface area contributed by atoms with Crippen molar-refractivity contribution in [1.82, 2.24) is 0 Å². The van der Waals surface area contributed by atoms with Crippen molar-refractivity contribution >= 4 is 19.7 Å². The summed E-state index contributed by atoms with van der Waals surface area (Å²) in [7, 11) is 1.96. The fourth-order valence-corrected chi connectivity index (χ4v) is 2.63. The van der Waals surface area contributed by atoms with E-state index in [2.05, 4.69) is 0 Å². The van der Waals surface area contributed by atoms with Crippen LogP contribution in [0.2, 0.25) is 0 Å². The third-order valence-corrected chi connectivity index (χ3v) is 5.65. The molecule has 0 aromatic carbocycles. The molecule has 1 aliphatic carbocycles. The summed E-state index contributed by atoms with van der Waals surface area (Å²) in [6, 6.07) is 0. The van der Waals surface area contributed by atoms with E-state index in [1.165, 1.54) is 12.8 Å². The van der Waals surface area contributed by atoms with Gasteiger partial charge < -0.3 is 0 Å². The summed E-state index contributed by atoms with van der Waals surface area (Å²) in [5.41, 5.74) is 0. The topological polar surface area (TPSA) is 34.1 Å². The molecule has 1 saturated carbocycles. The first-order chi connectivity index (χ1) is 5.83. The highest BCUT2D eigenvalue weighted by Crippen LogP contribution is 2.36. The number of halogens is 1. The predicted molar refractivity (Wildman–Crippen MR) is 55.4 cm³/mol. The highest BCUT2D eigenvalue weighted by Gasteiger charge is 2.35. The molecule has 4 heteroatoms. The third kappa shape index (κ3) is 2.84. The summed E-state index contributed by atoms with van der Waals surface area (Å²) in [6.45, 7) is 3.43. The van der Waals surface area contributed by atoms with E-state index in [0.29, 0.717) is 12.3 Å². The Morgan fingerprint density at radius 1 is 1.31 bits per heavy atom. The molecule has 0 bridgehead atoms. The van der Waals surface area contributed by atoms with Gasteiger partial charge in [0.15, 0.2) is 0 Å². The second-order valence-electron chi connectivity index (χ2n) is 4.55. The van der Waals surface area contributed by atoms with Gasteiger partial charge in [-0.25, -0.2) is 8.42 Å². The van der Waals surface area contributed by atoms with Gasteiger partial charge in [0.05, 0.1) is 4.75 Å². The molecule has 0 amide bonds. The molecule has 0 saturated heterocycles. The Bertz CT molecular complexity index is 263. The second-order valence-corrected chi connectivity index (χ2v) is 7.75. The average molecular weight is 225 g/mol. The number of hydrogen-bond acceptors (Lipinski definition) is 2. The summed E-state index contributed by atoms with van der Waals surface area (Å²) in [5.74, 6) is 0.559. The monoisotopic (exact) mass is 224 g/mol. The zero-order valence-electron chi connectivity index (χ0n) is 8.22. The minimum atomic E-state index is -3.42. The summed E-state index contributed by atoms with van der Waals surface area (Å²) in [6.07, 6.45) is 5.51. The fourth-order valence-electron chi connectivity index (χ4n) is 2.01. The van der Waals surface area contributed by atoms with Crippen LogP contribution in [0, 0.1) is 5.92 Å². The van der Waals surface area contributed by atoms with Crippen molar-refractivity contribution in [1.29, 1.82) is 0 Å².